The average Bonchev–Trinajstić information content (AvgIpc) is 2.63. The molecule has 0 saturated carbocycles. The molecule has 0 amide bonds. The van der Waals surface area contributed by atoms with Crippen molar-refractivity contribution in [1.82, 2.24) is 0 Å². The van der Waals surface area contributed by atoms with E-state index in [1.165, 1.54) is 24.3 Å². The van der Waals surface area contributed by atoms with Crippen molar-refractivity contribution in [3.63, 3.8) is 0 Å². The molecule has 7 nitrogen and oxygen atoms in total. The number of phenolic OH excluding ortho intramolecular Hbond substituents is 1. The van der Waals surface area contributed by atoms with E-state index in [4.69, 9.17) is 5.11 Å². The Balaban J connectivity index is 2.14. The van der Waals surface area contributed by atoms with E-state index in [1.54, 1.807) is 30.3 Å². The van der Waals surface area contributed by atoms with Crippen LogP contribution in [0.25, 0.3) is 10.8 Å². The highest BCUT2D eigenvalue weighted by Crippen LogP contribution is 2.37. The van der Waals surface area contributed by atoms with Gasteiger partial charge in [0, 0.05) is 15.2 Å². The predicted octanol–water partition coefficient (Wildman–Crippen LogP) is 3.30. The first-order valence-corrected chi connectivity index (χ1v) is 11.4. The van der Waals surface area contributed by atoms with Gasteiger partial charge in [-0.15, -0.1) is 0 Å². The second-order valence-corrected chi connectivity index (χ2v) is 9.78. The number of fused-ring (bicyclic) bond motifs is 1. The van der Waals surface area contributed by atoms with E-state index in [0.717, 1.165) is 0 Å². The summed E-state index contributed by atoms with van der Waals surface area (Å²) in [4.78, 5) is 10.8. The molecule has 0 radical (unpaired) electrons. The molecule has 0 heterocycles. The maximum absolute atomic E-state index is 12.7. The molecule has 3 aromatic carbocycles. The number of phenols is 1. The first-order chi connectivity index (χ1) is 13.2. The Morgan fingerprint density at radius 1 is 1.07 bits per heavy atom. The van der Waals surface area contributed by atoms with Crippen LogP contribution in [0.5, 0.6) is 5.75 Å². The number of aliphatic carboxylic acids is 1. The van der Waals surface area contributed by atoms with Gasteiger partial charge in [-0.25, -0.2) is 8.42 Å². The van der Waals surface area contributed by atoms with E-state index in [1.807, 2.05) is 0 Å². The van der Waals surface area contributed by atoms with Crippen LogP contribution in [0.15, 0.2) is 68.9 Å². The number of hydrogen-bond acceptors (Lipinski definition) is 5. The molecule has 3 N–H and O–H groups in total. The Morgan fingerprint density at radius 2 is 1.68 bits per heavy atom. The van der Waals surface area contributed by atoms with Crippen LogP contribution in [0, 0.1) is 0 Å². The lowest BCUT2D eigenvalue weighted by atomic mass is 10.1. The molecular weight excluding hydrogens is 470 g/mol. The maximum Gasteiger partial charge on any atom is 0.316 e. The fourth-order valence-corrected chi connectivity index (χ4v) is 4.89. The number of halogens is 1. The number of carboxylic acids is 1. The van der Waals surface area contributed by atoms with Gasteiger partial charge in [-0.2, -0.15) is 0 Å². The third-order valence-corrected chi connectivity index (χ3v) is 7.07. The van der Waals surface area contributed by atoms with Crippen molar-refractivity contribution in [3.05, 3.63) is 59.1 Å². The molecule has 0 aromatic heterocycles. The normalized spacial score (nSPS) is 12.6. The minimum absolute atomic E-state index is 0.0149. The molecule has 1 unspecified atom stereocenters. The van der Waals surface area contributed by atoms with Crippen LogP contribution < -0.4 is 4.72 Å². The molecular formula is C18H14BrNO6S2. The highest BCUT2D eigenvalue weighted by atomic mass is 79.9. The second-order valence-electron chi connectivity index (χ2n) is 5.76. The topological polar surface area (TPSA) is 121 Å². The Kier molecular flexibility index (Phi) is 5.73. The molecule has 0 fully saturated rings. The second kappa shape index (κ2) is 7.90. The molecule has 0 aliphatic heterocycles. The first-order valence-electron chi connectivity index (χ1n) is 7.82. The fourth-order valence-electron chi connectivity index (χ4n) is 2.60. The van der Waals surface area contributed by atoms with Gasteiger partial charge < -0.3 is 10.2 Å². The van der Waals surface area contributed by atoms with Gasteiger partial charge in [0.1, 0.15) is 11.5 Å². The van der Waals surface area contributed by atoms with Gasteiger partial charge in [-0.3, -0.25) is 13.7 Å². The third kappa shape index (κ3) is 4.18. The molecule has 1 atom stereocenters. The van der Waals surface area contributed by atoms with Crippen molar-refractivity contribution < 1.29 is 27.6 Å². The quantitative estimate of drug-likeness (QED) is 0.462. The lowest BCUT2D eigenvalue weighted by Gasteiger charge is -2.14. The summed E-state index contributed by atoms with van der Waals surface area (Å²) >= 11 is 3.24. The van der Waals surface area contributed by atoms with E-state index >= 15 is 0 Å². The summed E-state index contributed by atoms with van der Waals surface area (Å²) in [5.41, 5.74) is 0.0880. The van der Waals surface area contributed by atoms with Crippen LogP contribution >= 0.6 is 15.9 Å². The van der Waals surface area contributed by atoms with Gasteiger partial charge in [-0.05, 0) is 30.3 Å². The van der Waals surface area contributed by atoms with Gasteiger partial charge in [0.15, 0.2) is 0 Å². The number of carbonyl (C=O) groups is 1. The summed E-state index contributed by atoms with van der Waals surface area (Å²) in [6.45, 7) is 0. The summed E-state index contributed by atoms with van der Waals surface area (Å²) in [7, 11) is -6.03. The van der Waals surface area contributed by atoms with E-state index in [0.29, 0.717) is 9.86 Å². The number of carboxylic acid groups (broad SMARTS) is 1. The van der Waals surface area contributed by atoms with Crippen LogP contribution in [0.2, 0.25) is 0 Å². The monoisotopic (exact) mass is 483 g/mol. The molecule has 0 spiro atoms. The molecule has 0 saturated heterocycles. The number of benzene rings is 3. The van der Waals surface area contributed by atoms with Crippen molar-refractivity contribution in [2.24, 2.45) is 0 Å². The summed E-state index contributed by atoms with van der Waals surface area (Å²) in [6.07, 6.45) is 0. The fraction of sp³-hybridized carbons (Fsp3) is 0.0556. The highest BCUT2D eigenvalue weighted by molar-refractivity contribution is 9.10. The van der Waals surface area contributed by atoms with Crippen molar-refractivity contribution in [3.8, 4) is 5.75 Å². The van der Waals surface area contributed by atoms with Crippen LogP contribution in [0.3, 0.4) is 0 Å². The molecule has 146 valence electrons. The van der Waals surface area contributed by atoms with E-state index < -0.39 is 32.5 Å². The van der Waals surface area contributed by atoms with Gasteiger partial charge in [0.25, 0.3) is 10.0 Å². The summed E-state index contributed by atoms with van der Waals surface area (Å²) in [5.74, 6) is -2.37. The molecule has 3 rings (SSSR count). The third-order valence-electron chi connectivity index (χ3n) is 3.85. The zero-order chi connectivity index (χ0) is 20.5. The number of sulfonamides is 1. The Morgan fingerprint density at radius 3 is 2.29 bits per heavy atom. The zero-order valence-corrected chi connectivity index (χ0v) is 17.3. The molecule has 10 heteroatoms. The van der Waals surface area contributed by atoms with Crippen molar-refractivity contribution >= 4 is 59.2 Å². The van der Waals surface area contributed by atoms with E-state index in [2.05, 4.69) is 20.7 Å². The van der Waals surface area contributed by atoms with Crippen LogP contribution in [0.1, 0.15) is 0 Å². The molecule has 0 bridgehead atoms. The van der Waals surface area contributed by atoms with Gasteiger partial charge in [-0.1, -0.05) is 40.2 Å². The number of hydrogen-bond donors (Lipinski definition) is 3. The van der Waals surface area contributed by atoms with Crippen molar-refractivity contribution in [1.29, 1.82) is 0 Å². The standard InChI is InChI=1S/C18H14BrNO6S2/c19-11-5-7-12(8-6-11)28(25,26)20-15-9-16(27(24)10-17(21)22)18(23)14-4-2-1-3-13(14)15/h1-9,20,23H,10H2,(H,21,22). The van der Waals surface area contributed by atoms with Crippen LogP contribution in [0.4, 0.5) is 5.69 Å². The number of anilines is 1. The molecule has 28 heavy (non-hydrogen) atoms. The molecule has 0 aliphatic rings. The van der Waals surface area contributed by atoms with Crippen LogP contribution in [-0.4, -0.2) is 34.6 Å². The zero-order valence-electron chi connectivity index (χ0n) is 14.1. The summed E-state index contributed by atoms with van der Waals surface area (Å²) < 4.78 is 41.0. The van der Waals surface area contributed by atoms with E-state index in [9.17, 15) is 22.5 Å². The Hall–Kier alpha value is -2.43. The van der Waals surface area contributed by atoms with Crippen molar-refractivity contribution in [2.75, 3.05) is 10.5 Å². The summed E-state index contributed by atoms with van der Waals surface area (Å²) in [5, 5.41) is 20.0. The number of nitrogens with one attached hydrogen (secondary N) is 1. The molecule has 3 aromatic rings. The first kappa shape index (κ1) is 20.3. The largest absolute Gasteiger partial charge is 0.506 e. The minimum Gasteiger partial charge on any atom is -0.506 e. The average molecular weight is 484 g/mol. The SMILES string of the molecule is O=C(O)CS(=O)c1cc(NS(=O)(=O)c2ccc(Br)cc2)c2ccccc2c1O. The lowest BCUT2D eigenvalue weighted by molar-refractivity contribution is -0.133. The van der Waals surface area contributed by atoms with Crippen molar-refractivity contribution in [2.45, 2.75) is 9.79 Å². The highest BCUT2D eigenvalue weighted by Gasteiger charge is 2.21. The Bertz CT molecular complexity index is 1190. The van der Waals surface area contributed by atoms with Gasteiger partial charge >= 0.3 is 5.97 Å². The lowest BCUT2D eigenvalue weighted by Crippen LogP contribution is -2.14. The number of rotatable bonds is 6. The van der Waals surface area contributed by atoms with Gasteiger partial charge in [0.05, 0.1) is 26.3 Å². The van der Waals surface area contributed by atoms with Gasteiger partial charge in [0.2, 0.25) is 0 Å². The van der Waals surface area contributed by atoms with Crippen LogP contribution in [-0.2, 0) is 25.6 Å². The molecule has 0 aliphatic carbocycles. The Labute approximate surface area is 171 Å². The van der Waals surface area contributed by atoms with E-state index in [-0.39, 0.29) is 26.6 Å². The predicted molar refractivity (Wildman–Crippen MR) is 109 cm³/mol. The minimum atomic E-state index is -3.97. The summed E-state index contributed by atoms with van der Waals surface area (Å²) in [6, 6.07) is 13.6. The smallest absolute Gasteiger partial charge is 0.316 e. The number of aromatic hydroxyl groups is 1. The maximum atomic E-state index is 12.7.